The van der Waals surface area contributed by atoms with E-state index in [-0.39, 0.29) is 0 Å². The van der Waals surface area contributed by atoms with Crippen LogP contribution in [0.4, 0.5) is 4.79 Å². The van der Waals surface area contributed by atoms with Crippen LogP contribution < -0.4 is 0 Å². The summed E-state index contributed by atoms with van der Waals surface area (Å²) in [5, 5.41) is 10.3. The van der Waals surface area contributed by atoms with Crippen LogP contribution in [0.5, 0.6) is 0 Å². The Morgan fingerprint density at radius 2 is 1.57 bits per heavy atom. The number of carbonyl (C=O) groups excluding carboxylic acids is 3. The van der Waals surface area contributed by atoms with E-state index in [2.05, 4.69) is 0 Å². The predicted molar refractivity (Wildman–Crippen MR) is 75.2 cm³/mol. The summed E-state index contributed by atoms with van der Waals surface area (Å²) in [5.41, 5.74) is -1.35. The fourth-order valence-electron chi connectivity index (χ4n) is 2.12. The molecule has 1 aliphatic rings. The molecule has 0 atom stereocenters. The fraction of sp³-hybridized carbons (Fsp3) is 0.267. The molecule has 0 spiro atoms. The van der Waals surface area contributed by atoms with Gasteiger partial charge in [0.05, 0.1) is 0 Å². The third-order valence-electron chi connectivity index (χ3n) is 3.39. The van der Waals surface area contributed by atoms with Crippen molar-refractivity contribution < 1.29 is 19.5 Å². The molecule has 0 unspecified atom stereocenters. The minimum Gasteiger partial charge on any atom is -0.368 e. The van der Waals surface area contributed by atoms with E-state index >= 15 is 0 Å². The highest BCUT2D eigenvalue weighted by atomic mass is 16.3. The molecular weight excluding hydrogens is 272 g/mol. The highest BCUT2D eigenvalue weighted by Crippen LogP contribution is 2.21. The Morgan fingerprint density at radius 1 is 1.05 bits per heavy atom. The van der Waals surface area contributed by atoms with E-state index in [9.17, 15) is 19.5 Å². The van der Waals surface area contributed by atoms with Crippen molar-refractivity contribution in [1.29, 1.82) is 0 Å². The second-order valence-electron chi connectivity index (χ2n) is 4.87. The minimum absolute atomic E-state index is 0.463. The number of likely N-dealkylation sites (N-methyl/N-ethyl adjacent to an activating group) is 2. The standard InChI is InChI=1S/C15H16N2O4/c1-16-12(18)15(21,13(19)17(2)14(16)20)10-6-9-11-7-4-3-5-8-11/h3-8,10,21H,9H2,1-2H3. The molecule has 0 aliphatic carbocycles. The highest BCUT2D eigenvalue weighted by molar-refractivity contribution is 6.22. The first-order valence-corrected chi connectivity index (χ1v) is 6.42. The lowest BCUT2D eigenvalue weighted by molar-refractivity contribution is -0.162. The van der Waals surface area contributed by atoms with Crippen LogP contribution in [0.1, 0.15) is 5.56 Å². The summed E-state index contributed by atoms with van der Waals surface area (Å²) in [6.45, 7) is 0. The number of amides is 4. The molecule has 0 bridgehead atoms. The number of aliphatic hydroxyl groups is 1. The maximum absolute atomic E-state index is 12.0. The van der Waals surface area contributed by atoms with E-state index in [1.54, 1.807) is 6.08 Å². The molecule has 110 valence electrons. The SMILES string of the molecule is CN1C(=O)N(C)C(=O)C(O)(C=CCc2ccccc2)C1=O. The number of imide groups is 2. The van der Waals surface area contributed by atoms with Crippen molar-refractivity contribution >= 4 is 17.8 Å². The van der Waals surface area contributed by atoms with E-state index in [0.717, 1.165) is 21.4 Å². The molecule has 4 amide bonds. The molecule has 1 fully saturated rings. The van der Waals surface area contributed by atoms with Crippen LogP contribution in [0, 0.1) is 0 Å². The smallest absolute Gasteiger partial charge is 0.333 e. The van der Waals surface area contributed by atoms with Crippen LogP contribution in [0.3, 0.4) is 0 Å². The van der Waals surface area contributed by atoms with Gasteiger partial charge in [-0.15, -0.1) is 0 Å². The lowest BCUT2D eigenvalue weighted by Gasteiger charge is -2.36. The third-order valence-corrected chi connectivity index (χ3v) is 3.39. The number of barbiturate groups is 1. The number of allylic oxidation sites excluding steroid dienone is 1. The van der Waals surface area contributed by atoms with Gasteiger partial charge in [0.15, 0.2) is 0 Å². The summed E-state index contributed by atoms with van der Waals surface area (Å²) in [4.78, 5) is 37.1. The van der Waals surface area contributed by atoms with Crippen molar-refractivity contribution in [3.63, 3.8) is 0 Å². The second kappa shape index (κ2) is 5.49. The van der Waals surface area contributed by atoms with Crippen molar-refractivity contribution in [2.45, 2.75) is 12.0 Å². The summed E-state index contributed by atoms with van der Waals surface area (Å²) in [6.07, 6.45) is 3.15. The van der Waals surface area contributed by atoms with Crippen molar-refractivity contribution in [2.75, 3.05) is 14.1 Å². The molecule has 2 rings (SSSR count). The van der Waals surface area contributed by atoms with Gasteiger partial charge in [-0.05, 0) is 18.1 Å². The Morgan fingerprint density at radius 3 is 2.10 bits per heavy atom. The van der Waals surface area contributed by atoms with Gasteiger partial charge in [-0.25, -0.2) is 4.79 Å². The minimum atomic E-state index is -2.33. The summed E-state index contributed by atoms with van der Waals surface area (Å²) in [5.74, 6) is -1.89. The quantitative estimate of drug-likeness (QED) is 0.651. The number of carbonyl (C=O) groups is 3. The van der Waals surface area contributed by atoms with Gasteiger partial charge in [0, 0.05) is 14.1 Å². The lowest BCUT2D eigenvalue weighted by atomic mass is 9.96. The summed E-state index contributed by atoms with van der Waals surface area (Å²) in [7, 11) is 2.45. The van der Waals surface area contributed by atoms with E-state index in [1.807, 2.05) is 30.3 Å². The van der Waals surface area contributed by atoms with E-state index in [1.165, 1.54) is 14.1 Å². The molecule has 6 nitrogen and oxygen atoms in total. The van der Waals surface area contributed by atoms with Crippen LogP contribution in [0.2, 0.25) is 0 Å². The highest BCUT2D eigenvalue weighted by Gasteiger charge is 2.52. The first kappa shape index (κ1) is 14.9. The molecular formula is C15H16N2O4. The Labute approximate surface area is 122 Å². The molecule has 1 heterocycles. The Kier molecular flexibility index (Phi) is 3.90. The van der Waals surface area contributed by atoms with E-state index in [4.69, 9.17) is 0 Å². The van der Waals surface area contributed by atoms with Gasteiger partial charge in [0.2, 0.25) is 5.60 Å². The first-order valence-electron chi connectivity index (χ1n) is 6.42. The molecule has 0 radical (unpaired) electrons. The van der Waals surface area contributed by atoms with Gasteiger partial charge < -0.3 is 5.11 Å². The topological polar surface area (TPSA) is 77.9 Å². The van der Waals surface area contributed by atoms with Gasteiger partial charge in [0.1, 0.15) is 0 Å². The molecule has 6 heteroatoms. The van der Waals surface area contributed by atoms with Gasteiger partial charge in [-0.2, -0.15) is 0 Å². The third kappa shape index (κ3) is 2.57. The molecule has 0 saturated carbocycles. The monoisotopic (exact) mass is 288 g/mol. The van der Waals surface area contributed by atoms with Gasteiger partial charge in [0.25, 0.3) is 11.8 Å². The average Bonchev–Trinajstić information content (AvgIpc) is 2.51. The lowest BCUT2D eigenvalue weighted by Crippen LogP contribution is -2.66. The van der Waals surface area contributed by atoms with Crippen molar-refractivity contribution in [2.24, 2.45) is 0 Å². The zero-order valence-corrected chi connectivity index (χ0v) is 11.8. The van der Waals surface area contributed by atoms with E-state index < -0.39 is 23.4 Å². The predicted octanol–water partition coefficient (Wildman–Crippen LogP) is 0.567. The van der Waals surface area contributed by atoms with Crippen LogP contribution in [-0.4, -0.2) is 52.4 Å². The van der Waals surface area contributed by atoms with Gasteiger partial charge in [-0.1, -0.05) is 36.4 Å². The Bertz CT molecular complexity index is 585. The largest absolute Gasteiger partial charge is 0.368 e. The van der Waals surface area contributed by atoms with Crippen LogP contribution in [-0.2, 0) is 16.0 Å². The molecule has 1 aromatic carbocycles. The Balaban J connectivity index is 2.22. The first-order chi connectivity index (χ1) is 9.88. The van der Waals surface area contributed by atoms with Gasteiger partial charge >= 0.3 is 6.03 Å². The van der Waals surface area contributed by atoms with Gasteiger partial charge in [-0.3, -0.25) is 19.4 Å². The number of nitrogens with zero attached hydrogens (tertiary/aromatic N) is 2. The molecule has 1 N–H and O–H groups in total. The van der Waals surface area contributed by atoms with Crippen molar-refractivity contribution in [3.8, 4) is 0 Å². The van der Waals surface area contributed by atoms with Crippen molar-refractivity contribution in [1.82, 2.24) is 9.80 Å². The fourth-order valence-corrected chi connectivity index (χ4v) is 2.12. The van der Waals surface area contributed by atoms with Crippen LogP contribution >= 0.6 is 0 Å². The maximum atomic E-state index is 12.0. The molecule has 21 heavy (non-hydrogen) atoms. The molecule has 1 aliphatic heterocycles. The summed E-state index contributed by atoms with van der Waals surface area (Å²) in [6, 6.07) is 8.64. The number of hydrogen-bond acceptors (Lipinski definition) is 4. The average molecular weight is 288 g/mol. The van der Waals surface area contributed by atoms with E-state index in [0.29, 0.717) is 6.42 Å². The number of urea groups is 1. The molecule has 1 aromatic rings. The number of benzene rings is 1. The number of hydrogen-bond donors (Lipinski definition) is 1. The summed E-state index contributed by atoms with van der Waals surface area (Å²) >= 11 is 0. The van der Waals surface area contributed by atoms with Crippen molar-refractivity contribution in [3.05, 3.63) is 48.0 Å². The summed E-state index contributed by atoms with van der Waals surface area (Å²) < 4.78 is 0. The van der Waals surface area contributed by atoms with Crippen LogP contribution in [0.15, 0.2) is 42.5 Å². The molecule has 0 aromatic heterocycles. The maximum Gasteiger partial charge on any atom is 0.333 e. The zero-order valence-electron chi connectivity index (χ0n) is 11.8. The normalized spacial score (nSPS) is 18.7. The number of rotatable bonds is 3. The Hall–Kier alpha value is -2.47. The second-order valence-corrected chi connectivity index (χ2v) is 4.87. The molecule has 1 saturated heterocycles. The zero-order chi connectivity index (χ0) is 15.6. The van der Waals surface area contributed by atoms with Crippen LogP contribution in [0.25, 0.3) is 0 Å².